The summed E-state index contributed by atoms with van der Waals surface area (Å²) in [5.41, 5.74) is 0.642. The van der Waals surface area contributed by atoms with Crippen LogP contribution in [-0.4, -0.2) is 52.3 Å². The largest absolute Gasteiger partial charge is 0.444 e. The number of ether oxygens (including phenoxy) is 1. The molecule has 34 heavy (non-hydrogen) atoms. The number of amides is 3. The first-order valence-corrected chi connectivity index (χ1v) is 12.4. The van der Waals surface area contributed by atoms with E-state index in [1.807, 2.05) is 6.92 Å². The summed E-state index contributed by atoms with van der Waals surface area (Å²) in [7, 11) is 0. The quantitative estimate of drug-likeness (QED) is 0.346. The van der Waals surface area contributed by atoms with Crippen molar-refractivity contribution >= 4 is 30.5 Å². The molecule has 3 unspecified atom stereocenters. The van der Waals surface area contributed by atoms with Gasteiger partial charge in [-0.25, -0.2) is 4.79 Å². The maximum atomic E-state index is 13.7. The van der Waals surface area contributed by atoms with Gasteiger partial charge in [-0.05, 0) is 64.7 Å². The minimum atomic E-state index is -0.938. The minimum Gasteiger partial charge on any atom is -0.444 e. The van der Waals surface area contributed by atoms with Crippen molar-refractivity contribution in [2.45, 2.75) is 90.1 Å². The topological polar surface area (TPSA) is 87.7 Å². The predicted molar refractivity (Wildman–Crippen MR) is 137 cm³/mol. The van der Waals surface area contributed by atoms with Crippen molar-refractivity contribution in [3.05, 3.63) is 35.4 Å². The number of nitrogens with zero attached hydrogens (tertiary/aromatic N) is 1. The number of thiol groups is 1. The van der Waals surface area contributed by atoms with Crippen LogP contribution >= 0.6 is 12.6 Å². The molecule has 1 aliphatic rings. The molecular formula is C26H37N3O4S. The van der Waals surface area contributed by atoms with Crippen LogP contribution in [0.15, 0.2) is 24.3 Å². The molecule has 2 rings (SSSR count). The van der Waals surface area contributed by atoms with Gasteiger partial charge in [0.15, 0.2) is 0 Å². The van der Waals surface area contributed by atoms with Crippen molar-refractivity contribution in [3.63, 3.8) is 0 Å². The Balaban J connectivity index is 2.38. The Bertz CT molecular complexity index is 900. The minimum absolute atomic E-state index is 0.0401. The fourth-order valence-electron chi connectivity index (χ4n) is 3.71. The highest BCUT2D eigenvalue weighted by Crippen LogP contribution is 2.36. The van der Waals surface area contributed by atoms with Crippen LogP contribution < -0.4 is 10.6 Å². The van der Waals surface area contributed by atoms with E-state index in [1.165, 1.54) is 0 Å². The van der Waals surface area contributed by atoms with Crippen molar-refractivity contribution in [1.29, 1.82) is 0 Å². The molecule has 1 aromatic rings. The molecule has 1 fully saturated rings. The fourth-order valence-corrected chi connectivity index (χ4v) is 3.96. The maximum absolute atomic E-state index is 13.7. The van der Waals surface area contributed by atoms with Gasteiger partial charge in [-0.1, -0.05) is 31.4 Å². The highest BCUT2D eigenvalue weighted by atomic mass is 32.1. The van der Waals surface area contributed by atoms with Crippen molar-refractivity contribution < 1.29 is 19.1 Å². The van der Waals surface area contributed by atoms with E-state index < -0.39 is 23.8 Å². The molecule has 1 saturated carbocycles. The molecule has 1 aromatic carbocycles. The molecule has 0 bridgehead atoms. The van der Waals surface area contributed by atoms with Gasteiger partial charge in [0.25, 0.3) is 0 Å². The molecule has 7 nitrogen and oxygen atoms in total. The predicted octanol–water partition coefficient (Wildman–Crippen LogP) is 3.83. The van der Waals surface area contributed by atoms with Gasteiger partial charge in [-0.3, -0.25) is 9.59 Å². The average molecular weight is 488 g/mol. The Hall–Kier alpha value is -2.66. The van der Waals surface area contributed by atoms with Gasteiger partial charge in [0.1, 0.15) is 17.7 Å². The second-order valence-corrected chi connectivity index (χ2v) is 10.1. The second kappa shape index (κ2) is 12.2. The smallest absolute Gasteiger partial charge is 0.408 e. The Labute approximate surface area is 208 Å². The summed E-state index contributed by atoms with van der Waals surface area (Å²) in [5.74, 6) is 2.01. The lowest BCUT2D eigenvalue weighted by atomic mass is 10.0. The standard InChI is InChI=1S/C26H37N3O4S/c1-7-9-17(3)27-23(30)22(19-12-10-18(8-2)11-13-19)29(20-14-15-20)24(31)21(16-34)28-25(32)33-26(4,5)6/h2,10-13,17,20-22,34H,7,9,14-16H2,1,3-6H3,(H,27,30)(H,28,32). The Kier molecular flexibility index (Phi) is 9.87. The zero-order valence-corrected chi connectivity index (χ0v) is 21.7. The second-order valence-electron chi connectivity index (χ2n) is 9.73. The third kappa shape index (κ3) is 7.98. The SMILES string of the molecule is C#Cc1ccc(C(C(=O)NC(C)CCC)N(C(=O)C(CS)NC(=O)OC(C)(C)C)C2CC2)cc1. The van der Waals surface area contributed by atoms with Crippen molar-refractivity contribution in [2.24, 2.45) is 0 Å². The number of benzene rings is 1. The Morgan fingerprint density at radius 2 is 1.82 bits per heavy atom. The van der Waals surface area contributed by atoms with Gasteiger partial charge in [-0.15, -0.1) is 6.42 Å². The van der Waals surface area contributed by atoms with Gasteiger partial charge in [0, 0.05) is 23.4 Å². The number of terminal acetylenes is 1. The molecule has 0 aliphatic heterocycles. The number of hydrogen-bond donors (Lipinski definition) is 3. The molecular weight excluding hydrogens is 450 g/mol. The van der Waals surface area contributed by atoms with E-state index >= 15 is 0 Å². The van der Waals surface area contributed by atoms with E-state index in [1.54, 1.807) is 49.9 Å². The molecule has 3 atom stereocenters. The van der Waals surface area contributed by atoms with E-state index in [9.17, 15) is 14.4 Å². The number of hydrogen-bond acceptors (Lipinski definition) is 5. The molecule has 2 N–H and O–H groups in total. The number of nitrogens with one attached hydrogen (secondary N) is 2. The van der Waals surface area contributed by atoms with Crippen LogP contribution in [0, 0.1) is 12.3 Å². The van der Waals surface area contributed by atoms with Gasteiger partial charge < -0.3 is 20.3 Å². The Morgan fingerprint density at radius 1 is 1.21 bits per heavy atom. The summed E-state index contributed by atoms with van der Waals surface area (Å²) in [4.78, 5) is 41.2. The highest BCUT2D eigenvalue weighted by Gasteiger charge is 2.44. The van der Waals surface area contributed by atoms with E-state index in [0.717, 1.165) is 25.7 Å². The van der Waals surface area contributed by atoms with Crippen LogP contribution in [0.2, 0.25) is 0 Å². The van der Waals surface area contributed by atoms with E-state index in [-0.39, 0.29) is 29.7 Å². The molecule has 0 heterocycles. The van der Waals surface area contributed by atoms with Crippen LogP contribution in [-0.2, 0) is 14.3 Å². The first kappa shape index (κ1) is 27.6. The summed E-state index contributed by atoms with van der Waals surface area (Å²) in [6.45, 7) is 9.25. The van der Waals surface area contributed by atoms with Gasteiger partial charge in [-0.2, -0.15) is 12.6 Å². The lowest BCUT2D eigenvalue weighted by Crippen LogP contribution is -2.55. The first-order valence-electron chi connectivity index (χ1n) is 11.8. The summed E-state index contributed by atoms with van der Waals surface area (Å²) in [6.07, 6.45) is 8.12. The number of carbonyl (C=O) groups excluding carboxylic acids is 3. The first-order chi connectivity index (χ1) is 16.0. The highest BCUT2D eigenvalue weighted by molar-refractivity contribution is 7.80. The summed E-state index contributed by atoms with van der Waals surface area (Å²) in [5, 5.41) is 5.67. The number of rotatable bonds is 10. The normalized spacial score (nSPS) is 15.9. The number of carbonyl (C=O) groups is 3. The van der Waals surface area contributed by atoms with Crippen LogP contribution in [0.3, 0.4) is 0 Å². The van der Waals surface area contributed by atoms with Crippen molar-refractivity contribution in [3.8, 4) is 12.3 Å². The summed E-state index contributed by atoms with van der Waals surface area (Å²) >= 11 is 4.30. The molecule has 0 radical (unpaired) electrons. The third-order valence-corrected chi connectivity index (χ3v) is 5.76. The average Bonchev–Trinajstić information content (AvgIpc) is 3.59. The van der Waals surface area contributed by atoms with E-state index in [2.05, 4.69) is 36.1 Å². The lowest BCUT2D eigenvalue weighted by molar-refractivity contribution is -0.143. The third-order valence-electron chi connectivity index (χ3n) is 5.40. The van der Waals surface area contributed by atoms with Crippen LogP contribution in [0.5, 0.6) is 0 Å². The summed E-state index contributed by atoms with van der Waals surface area (Å²) < 4.78 is 5.32. The fraction of sp³-hybridized carbons (Fsp3) is 0.577. The van der Waals surface area contributed by atoms with Crippen molar-refractivity contribution in [1.82, 2.24) is 15.5 Å². The number of alkyl carbamates (subject to hydrolysis) is 1. The van der Waals surface area contributed by atoms with Crippen LogP contribution in [0.1, 0.15) is 77.5 Å². The summed E-state index contributed by atoms with van der Waals surface area (Å²) in [6, 6.07) is 5.15. The zero-order valence-electron chi connectivity index (χ0n) is 20.8. The van der Waals surface area contributed by atoms with Gasteiger partial charge >= 0.3 is 6.09 Å². The van der Waals surface area contributed by atoms with Crippen LogP contribution in [0.25, 0.3) is 0 Å². The molecule has 1 aliphatic carbocycles. The Morgan fingerprint density at radius 3 is 2.29 bits per heavy atom. The molecule has 8 heteroatoms. The zero-order chi connectivity index (χ0) is 25.5. The maximum Gasteiger partial charge on any atom is 0.408 e. The van der Waals surface area contributed by atoms with Crippen molar-refractivity contribution in [2.75, 3.05) is 5.75 Å². The molecule has 186 valence electrons. The molecule has 3 amide bonds. The van der Waals surface area contributed by atoms with Gasteiger partial charge in [0.2, 0.25) is 11.8 Å². The molecule has 0 aromatic heterocycles. The van der Waals surface area contributed by atoms with E-state index in [4.69, 9.17) is 11.2 Å². The molecule has 0 saturated heterocycles. The van der Waals surface area contributed by atoms with Gasteiger partial charge in [0.05, 0.1) is 0 Å². The molecule has 0 spiro atoms. The lowest BCUT2D eigenvalue weighted by Gasteiger charge is -2.35. The van der Waals surface area contributed by atoms with Crippen LogP contribution in [0.4, 0.5) is 4.79 Å². The monoisotopic (exact) mass is 487 g/mol. The van der Waals surface area contributed by atoms with E-state index in [0.29, 0.717) is 11.1 Å².